The first-order valence-electron chi connectivity index (χ1n) is 8.43. The molecule has 0 spiro atoms. The van der Waals surface area contributed by atoms with Crippen LogP contribution in [-0.4, -0.2) is 7.11 Å². The van der Waals surface area contributed by atoms with Gasteiger partial charge in [0.2, 0.25) is 0 Å². The quantitative estimate of drug-likeness (QED) is 0.713. The Morgan fingerprint density at radius 1 is 0.714 bits per heavy atom. The van der Waals surface area contributed by atoms with E-state index in [1.54, 1.807) is 12.7 Å². The highest BCUT2D eigenvalue weighted by molar-refractivity contribution is 5.36. The topological polar surface area (TPSA) is 9.23 Å². The summed E-state index contributed by atoms with van der Waals surface area (Å²) in [4.78, 5) is 0. The van der Waals surface area contributed by atoms with Crippen LogP contribution in [0.25, 0.3) is 0 Å². The molecule has 1 heteroatoms. The number of ether oxygens (including phenoxy) is 1. The van der Waals surface area contributed by atoms with Crippen molar-refractivity contribution in [2.75, 3.05) is 7.11 Å². The van der Waals surface area contributed by atoms with Crippen molar-refractivity contribution in [1.29, 1.82) is 0 Å². The van der Waals surface area contributed by atoms with Gasteiger partial charge in [-0.05, 0) is 77.9 Å². The second-order valence-corrected chi connectivity index (χ2v) is 9.50. The minimum atomic E-state index is 0.416. The van der Waals surface area contributed by atoms with E-state index in [4.69, 9.17) is 4.74 Å². The van der Waals surface area contributed by atoms with E-state index in [0.717, 1.165) is 5.75 Å². The molecule has 4 aliphatic carbocycles. The molecule has 1 aromatic rings. The number of methoxy groups -OCH3 is 1. The molecular formula is C20H28O. The predicted octanol–water partition coefficient (Wildman–Crippen LogP) is 5.33. The summed E-state index contributed by atoms with van der Waals surface area (Å²) >= 11 is 0. The largest absolute Gasteiger partial charge is 0.497 e. The first kappa shape index (κ1) is 13.7. The Morgan fingerprint density at radius 3 is 1.52 bits per heavy atom. The molecule has 0 amide bonds. The van der Waals surface area contributed by atoms with E-state index < -0.39 is 0 Å². The summed E-state index contributed by atoms with van der Waals surface area (Å²) in [6, 6.07) is 8.98. The Labute approximate surface area is 129 Å². The molecule has 4 bridgehead atoms. The summed E-state index contributed by atoms with van der Waals surface area (Å²) in [7, 11) is 1.75. The highest BCUT2D eigenvalue weighted by Gasteiger charge is 2.64. The minimum absolute atomic E-state index is 0.416. The number of hydrogen-bond donors (Lipinski definition) is 0. The molecule has 0 aromatic heterocycles. The first-order chi connectivity index (χ1) is 9.78. The van der Waals surface area contributed by atoms with Gasteiger partial charge in [-0.1, -0.05) is 32.9 Å². The Kier molecular flexibility index (Phi) is 2.51. The van der Waals surface area contributed by atoms with Crippen LogP contribution in [-0.2, 0) is 5.41 Å². The van der Waals surface area contributed by atoms with Crippen molar-refractivity contribution < 1.29 is 4.74 Å². The second kappa shape index (κ2) is 3.86. The van der Waals surface area contributed by atoms with Gasteiger partial charge in [-0.3, -0.25) is 0 Å². The van der Waals surface area contributed by atoms with Gasteiger partial charge < -0.3 is 4.74 Å². The van der Waals surface area contributed by atoms with Crippen molar-refractivity contribution in [1.82, 2.24) is 0 Å². The van der Waals surface area contributed by atoms with Crippen LogP contribution in [0.4, 0.5) is 0 Å². The van der Waals surface area contributed by atoms with Crippen LogP contribution < -0.4 is 4.74 Å². The van der Waals surface area contributed by atoms with E-state index in [1.807, 2.05) is 0 Å². The van der Waals surface area contributed by atoms with Crippen molar-refractivity contribution in [2.24, 2.45) is 16.2 Å². The molecule has 1 nitrogen and oxygen atoms in total. The Balaban J connectivity index is 1.80. The van der Waals surface area contributed by atoms with Crippen LogP contribution in [0.5, 0.6) is 5.75 Å². The summed E-state index contributed by atoms with van der Waals surface area (Å²) < 4.78 is 5.35. The summed E-state index contributed by atoms with van der Waals surface area (Å²) in [6.45, 7) is 7.66. The molecule has 114 valence electrons. The van der Waals surface area contributed by atoms with Gasteiger partial charge in [0, 0.05) is 0 Å². The third-order valence-electron chi connectivity index (χ3n) is 6.56. The zero-order valence-corrected chi connectivity index (χ0v) is 14.0. The van der Waals surface area contributed by atoms with Gasteiger partial charge in [0.05, 0.1) is 7.11 Å². The van der Waals surface area contributed by atoms with Crippen LogP contribution >= 0.6 is 0 Å². The van der Waals surface area contributed by atoms with Crippen molar-refractivity contribution in [3.05, 3.63) is 29.8 Å². The van der Waals surface area contributed by atoms with Crippen LogP contribution in [0.15, 0.2) is 24.3 Å². The number of rotatable bonds is 2. The Hall–Kier alpha value is -0.980. The third-order valence-corrected chi connectivity index (χ3v) is 6.56. The summed E-state index contributed by atoms with van der Waals surface area (Å²) in [5, 5.41) is 0. The third kappa shape index (κ3) is 1.96. The molecule has 4 fully saturated rings. The molecule has 0 atom stereocenters. The van der Waals surface area contributed by atoms with Crippen LogP contribution in [0, 0.1) is 16.2 Å². The molecule has 0 saturated heterocycles. The standard InChI is InChI=1S/C20H28O/c1-17-9-18(2)11-19(3,10-17)14-20(12-17,13-18)15-5-7-16(21-4)8-6-15/h5-8H,9-14H2,1-4H3. The van der Waals surface area contributed by atoms with Gasteiger partial charge >= 0.3 is 0 Å². The van der Waals surface area contributed by atoms with E-state index in [9.17, 15) is 0 Å². The monoisotopic (exact) mass is 284 g/mol. The maximum Gasteiger partial charge on any atom is 0.118 e. The highest BCUT2D eigenvalue weighted by Crippen LogP contribution is 2.73. The fraction of sp³-hybridized carbons (Fsp3) is 0.700. The van der Waals surface area contributed by atoms with E-state index in [-0.39, 0.29) is 0 Å². The maximum absolute atomic E-state index is 5.35. The lowest BCUT2D eigenvalue weighted by atomic mass is 9.35. The second-order valence-electron chi connectivity index (χ2n) is 9.50. The molecule has 5 rings (SSSR count). The fourth-order valence-electron chi connectivity index (χ4n) is 7.54. The minimum Gasteiger partial charge on any atom is -0.497 e. The van der Waals surface area contributed by atoms with Crippen LogP contribution in [0.1, 0.15) is 64.9 Å². The average Bonchev–Trinajstić information content (AvgIpc) is 2.33. The van der Waals surface area contributed by atoms with E-state index >= 15 is 0 Å². The lowest BCUT2D eigenvalue weighted by Crippen LogP contribution is -2.60. The number of hydrogen-bond acceptors (Lipinski definition) is 1. The van der Waals surface area contributed by atoms with Crippen molar-refractivity contribution in [3.8, 4) is 5.75 Å². The molecule has 0 N–H and O–H groups in total. The molecule has 0 radical (unpaired) electrons. The molecule has 4 saturated carbocycles. The molecule has 0 heterocycles. The summed E-state index contributed by atoms with van der Waals surface area (Å²) in [5.74, 6) is 0.979. The van der Waals surface area contributed by atoms with Gasteiger partial charge in [0.15, 0.2) is 0 Å². The fourth-order valence-corrected chi connectivity index (χ4v) is 7.54. The zero-order chi connectivity index (χ0) is 14.9. The van der Waals surface area contributed by atoms with E-state index in [0.29, 0.717) is 21.7 Å². The van der Waals surface area contributed by atoms with Gasteiger partial charge in [-0.2, -0.15) is 0 Å². The van der Waals surface area contributed by atoms with Gasteiger partial charge in [0.1, 0.15) is 5.75 Å². The summed E-state index contributed by atoms with van der Waals surface area (Å²) in [6.07, 6.45) is 8.47. The molecule has 4 aliphatic rings. The van der Waals surface area contributed by atoms with Gasteiger partial charge in [-0.25, -0.2) is 0 Å². The molecule has 0 aliphatic heterocycles. The van der Waals surface area contributed by atoms with Crippen molar-refractivity contribution >= 4 is 0 Å². The number of benzene rings is 1. The Morgan fingerprint density at radius 2 is 1.14 bits per heavy atom. The van der Waals surface area contributed by atoms with E-state index in [2.05, 4.69) is 45.0 Å². The first-order valence-corrected chi connectivity index (χ1v) is 8.43. The predicted molar refractivity (Wildman–Crippen MR) is 86.7 cm³/mol. The van der Waals surface area contributed by atoms with Gasteiger partial charge in [-0.15, -0.1) is 0 Å². The van der Waals surface area contributed by atoms with E-state index in [1.165, 1.54) is 38.5 Å². The van der Waals surface area contributed by atoms with Crippen molar-refractivity contribution in [2.45, 2.75) is 64.7 Å². The Bertz CT molecular complexity index is 516. The molecule has 0 unspecified atom stereocenters. The van der Waals surface area contributed by atoms with Gasteiger partial charge in [0.25, 0.3) is 0 Å². The zero-order valence-electron chi connectivity index (χ0n) is 14.0. The smallest absolute Gasteiger partial charge is 0.118 e. The molecule has 1 aromatic carbocycles. The molecule has 21 heavy (non-hydrogen) atoms. The maximum atomic E-state index is 5.35. The SMILES string of the molecule is COc1ccc(C23CC4(C)CC(C)(CC(C)(C4)C2)C3)cc1. The summed E-state index contributed by atoms with van der Waals surface area (Å²) in [5.41, 5.74) is 3.64. The highest BCUT2D eigenvalue weighted by atomic mass is 16.5. The lowest BCUT2D eigenvalue weighted by molar-refractivity contribution is -0.152. The van der Waals surface area contributed by atoms with Crippen LogP contribution in [0.3, 0.4) is 0 Å². The van der Waals surface area contributed by atoms with Crippen molar-refractivity contribution in [3.63, 3.8) is 0 Å². The lowest BCUT2D eigenvalue weighted by Gasteiger charge is -2.69. The van der Waals surface area contributed by atoms with Crippen LogP contribution in [0.2, 0.25) is 0 Å². The normalized spacial score (nSPS) is 47.6. The molecular weight excluding hydrogens is 256 g/mol. The average molecular weight is 284 g/mol.